The minimum Gasteiger partial charge on any atom is -0.445 e. The number of urea groups is 1. The number of primary amides is 1. The number of amides is 8. The van der Waals surface area contributed by atoms with Crippen LogP contribution in [0.5, 0.6) is 0 Å². The number of carbonyl (C=O) groups excluding carboxylic acids is 7. The van der Waals surface area contributed by atoms with Crippen LogP contribution in [0.3, 0.4) is 0 Å². The maximum absolute atomic E-state index is 12.9. The van der Waals surface area contributed by atoms with Crippen LogP contribution < -0.4 is 21.8 Å². The number of benzene rings is 3. The van der Waals surface area contributed by atoms with Crippen LogP contribution in [0.15, 0.2) is 84.9 Å². The van der Waals surface area contributed by atoms with Gasteiger partial charge in [-0.25, -0.2) is 14.6 Å². The van der Waals surface area contributed by atoms with Crippen LogP contribution in [0, 0.1) is 0 Å². The first-order valence-electron chi connectivity index (χ1n) is 16.9. The Morgan fingerprint density at radius 2 is 1.38 bits per heavy atom. The van der Waals surface area contributed by atoms with Gasteiger partial charge in [-0.05, 0) is 35.7 Å². The SMILES string of the molecule is C[C@H](NC(=O)[C@@H](C)NC(=O)N1CCN(C(=O)OCc2ccccc2)CC1)C(=O)NN(CC(N)=O)C(=O)/C=C/C(=O)N(C)Cc1cccc2ccccc12. The number of ether oxygens (including phenoxy) is 1. The van der Waals surface area contributed by atoms with Gasteiger partial charge in [0.15, 0.2) is 0 Å². The number of likely N-dealkylation sites (N-methyl/N-ethyl adjacent to an activating group) is 1. The Labute approximate surface area is 306 Å². The number of carbonyl (C=O) groups is 7. The summed E-state index contributed by atoms with van der Waals surface area (Å²) < 4.78 is 5.35. The molecule has 1 saturated heterocycles. The van der Waals surface area contributed by atoms with Gasteiger partial charge in [0.2, 0.25) is 17.7 Å². The lowest BCUT2D eigenvalue weighted by molar-refractivity contribution is -0.142. The van der Waals surface area contributed by atoms with Crippen molar-refractivity contribution in [2.75, 3.05) is 39.8 Å². The number of hydrogen-bond donors (Lipinski definition) is 4. The Bertz CT molecular complexity index is 1840. The molecule has 5 N–H and O–H groups in total. The number of nitrogens with zero attached hydrogens (tertiary/aromatic N) is 4. The molecule has 0 unspecified atom stereocenters. The number of hydrazine groups is 1. The topological polar surface area (TPSA) is 204 Å². The van der Waals surface area contributed by atoms with Gasteiger partial charge in [-0.15, -0.1) is 0 Å². The molecule has 0 bridgehead atoms. The number of fused-ring (bicyclic) bond motifs is 1. The number of piperazine rings is 1. The molecule has 0 spiro atoms. The van der Waals surface area contributed by atoms with Gasteiger partial charge in [-0.2, -0.15) is 0 Å². The van der Waals surface area contributed by atoms with Crippen molar-refractivity contribution in [3.05, 3.63) is 96.1 Å². The van der Waals surface area contributed by atoms with E-state index in [1.54, 1.807) is 7.05 Å². The summed E-state index contributed by atoms with van der Waals surface area (Å²) in [5.74, 6) is -3.92. The Balaban J connectivity index is 1.22. The fourth-order valence-corrected chi connectivity index (χ4v) is 5.33. The van der Waals surface area contributed by atoms with Crippen LogP contribution in [0.1, 0.15) is 25.0 Å². The van der Waals surface area contributed by atoms with Crippen LogP contribution in [0.2, 0.25) is 0 Å². The molecule has 0 radical (unpaired) electrons. The van der Waals surface area contributed by atoms with Gasteiger partial charge in [-0.1, -0.05) is 72.8 Å². The van der Waals surface area contributed by atoms with E-state index in [0.717, 1.165) is 34.1 Å². The van der Waals surface area contributed by atoms with Crippen LogP contribution in [0.4, 0.5) is 9.59 Å². The monoisotopic (exact) mass is 728 g/mol. The molecule has 0 aromatic heterocycles. The third kappa shape index (κ3) is 11.5. The minimum absolute atomic E-state index is 0.131. The number of nitrogens with two attached hydrogens (primary N) is 1. The summed E-state index contributed by atoms with van der Waals surface area (Å²) in [6, 6.07) is 19.9. The third-order valence-electron chi connectivity index (χ3n) is 8.37. The number of nitrogens with one attached hydrogen (secondary N) is 3. The van der Waals surface area contributed by atoms with Crippen LogP contribution in [0.25, 0.3) is 10.8 Å². The summed E-state index contributed by atoms with van der Waals surface area (Å²) in [7, 11) is 1.57. The highest BCUT2D eigenvalue weighted by molar-refractivity contribution is 5.99. The van der Waals surface area contributed by atoms with E-state index in [-0.39, 0.29) is 39.3 Å². The molecule has 3 aromatic rings. The standard InChI is InChI=1S/C37H44N8O8/c1-25(40-36(51)43-18-20-44(21-19-43)37(52)53-24-27-10-5-4-6-11-27)34(49)39-26(2)35(50)41-45(23-31(38)46)33(48)17-16-32(47)42(3)22-29-14-9-13-28-12-7-8-15-30(28)29/h4-17,25-26H,18-24H2,1-3H3,(H2,38,46)(H,39,49)(H,40,51)(H,41,50)/b17-16+/t25-,26+/m1/s1. The molecule has 0 aliphatic carbocycles. The predicted octanol–water partition coefficient (Wildman–Crippen LogP) is 1.26. The van der Waals surface area contributed by atoms with E-state index in [1.807, 2.05) is 72.8 Å². The van der Waals surface area contributed by atoms with E-state index in [0.29, 0.717) is 5.01 Å². The van der Waals surface area contributed by atoms with Gasteiger partial charge in [0.25, 0.3) is 11.8 Å². The third-order valence-corrected chi connectivity index (χ3v) is 8.37. The zero-order valence-corrected chi connectivity index (χ0v) is 29.8. The Morgan fingerprint density at radius 3 is 2.08 bits per heavy atom. The van der Waals surface area contributed by atoms with E-state index in [1.165, 1.54) is 28.5 Å². The zero-order valence-electron chi connectivity index (χ0n) is 29.8. The normalized spacial score (nSPS) is 13.8. The van der Waals surface area contributed by atoms with Crippen molar-refractivity contribution in [1.29, 1.82) is 0 Å². The quantitative estimate of drug-likeness (QED) is 0.158. The molecule has 2 atom stereocenters. The first-order valence-corrected chi connectivity index (χ1v) is 16.9. The van der Waals surface area contributed by atoms with Crippen molar-refractivity contribution in [3.63, 3.8) is 0 Å². The summed E-state index contributed by atoms with van der Waals surface area (Å²) in [6.45, 7) is 3.36. The molecule has 3 aromatic carbocycles. The average molecular weight is 729 g/mol. The van der Waals surface area contributed by atoms with Gasteiger partial charge in [0, 0.05) is 51.9 Å². The molecule has 8 amide bonds. The van der Waals surface area contributed by atoms with E-state index in [2.05, 4.69) is 16.1 Å². The lowest BCUT2D eigenvalue weighted by Crippen LogP contribution is -2.58. The molecule has 53 heavy (non-hydrogen) atoms. The van der Waals surface area contributed by atoms with Crippen molar-refractivity contribution >= 4 is 52.4 Å². The molecular formula is C37H44N8O8. The molecule has 4 rings (SSSR count). The van der Waals surface area contributed by atoms with E-state index < -0.39 is 60.3 Å². The molecule has 280 valence electrons. The Kier molecular flexibility index (Phi) is 13.9. The Hall–Kier alpha value is -6.45. The fourth-order valence-electron chi connectivity index (χ4n) is 5.33. The van der Waals surface area contributed by atoms with Crippen molar-refractivity contribution in [2.45, 2.75) is 39.1 Å². The summed E-state index contributed by atoms with van der Waals surface area (Å²) in [5, 5.41) is 7.65. The number of hydrogen-bond acceptors (Lipinski definition) is 8. The van der Waals surface area contributed by atoms with E-state index in [4.69, 9.17) is 10.5 Å². The predicted molar refractivity (Wildman–Crippen MR) is 194 cm³/mol. The molecule has 0 saturated carbocycles. The van der Waals surface area contributed by atoms with Gasteiger partial charge in [-0.3, -0.25) is 29.4 Å². The van der Waals surface area contributed by atoms with E-state index in [9.17, 15) is 33.6 Å². The lowest BCUT2D eigenvalue weighted by atomic mass is 10.0. The summed E-state index contributed by atoms with van der Waals surface area (Å²) in [4.78, 5) is 92.9. The Morgan fingerprint density at radius 1 is 0.774 bits per heavy atom. The lowest BCUT2D eigenvalue weighted by Gasteiger charge is -2.34. The highest BCUT2D eigenvalue weighted by Crippen LogP contribution is 2.19. The first-order chi connectivity index (χ1) is 25.3. The second kappa shape index (κ2) is 18.7. The largest absolute Gasteiger partial charge is 0.445 e. The molecule has 1 aliphatic heterocycles. The smallest absolute Gasteiger partial charge is 0.410 e. The van der Waals surface area contributed by atoms with Gasteiger partial charge in [0.05, 0.1) is 0 Å². The van der Waals surface area contributed by atoms with Crippen molar-refractivity contribution in [2.24, 2.45) is 5.73 Å². The van der Waals surface area contributed by atoms with Crippen molar-refractivity contribution < 1.29 is 38.3 Å². The second-order valence-electron chi connectivity index (χ2n) is 12.4. The van der Waals surface area contributed by atoms with Crippen LogP contribution in [-0.4, -0.2) is 113 Å². The van der Waals surface area contributed by atoms with Crippen molar-refractivity contribution in [3.8, 4) is 0 Å². The van der Waals surface area contributed by atoms with Gasteiger partial charge < -0.3 is 35.8 Å². The maximum atomic E-state index is 12.9. The second-order valence-corrected chi connectivity index (χ2v) is 12.4. The van der Waals surface area contributed by atoms with Gasteiger partial charge >= 0.3 is 12.1 Å². The molecule has 1 fully saturated rings. The zero-order chi connectivity index (χ0) is 38.5. The summed E-state index contributed by atoms with van der Waals surface area (Å²) in [6.07, 6.45) is 1.43. The first kappa shape index (κ1) is 39.3. The molecule has 16 nitrogen and oxygen atoms in total. The molecule has 16 heteroatoms. The summed E-state index contributed by atoms with van der Waals surface area (Å²) >= 11 is 0. The highest BCUT2D eigenvalue weighted by Gasteiger charge is 2.28. The minimum atomic E-state index is -1.21. The van der Waals surface area contributed by atoms with Crippen molar-refractivity contribution in [1.82, 2.24) is 35.8 Å². The van der Waals surface area contributed by atoms with Crippen LogP contribution in [-0.2, 0) is 41.9 Å². The van der Waals surface area contributed by atoms with E-state index >= 15 is 0 Å². The summed E-state index contributed by atoms with van der Waals surface area (Å²) in [5.41, 5.74) is 9.29. The fraction of sp³-hybridized carbons (Fsp3) is 0.324. The molecule has 1 heterocycles. The highest BCUT2D eigenvalue weighted by atomic mass is 16.6. The molecule has 1 aliphatic rings. The maximum Gasteiger partial charge on any atom is 0.410 e. The molecular weight excluding hydrogens is 684 g/mol. The van der Waals surface area contributed by atoms with Gasteiger partial charge in [0.1, 0.15) is 25.2 Å². The van der Waals surface area contributed by atoms with Crippen LogP contribution >= 0.6 is 0 Å². The number of rotatable bonds is 12. The average Bonchev–Trinajstić information content (AvgIpc) is 3.15.